The van der Waals surface area contributed by atoms with Crippen molar-refractivity contribution in [2.75, 3.05) is 0 Å². The third kappa shape index (κ3) is 2.74. The number of aryl methyl sites for hydroxylation is 1. The zero-order chi connectivity index (χ0) is 11.5. The van der Waals surface area contributed by atoms with E-state index in [1.165, 1.54) is 0 Å². The molecular formula is C12H9BrINO. The van der Waals surface area contributed by atoms with E-state index in [1.807, 2.05) is 37.3 Å². The van der Waals surface area contributed by atoms with E-state index in [-0.39, 0.29) is 0 Å². The number of hydrogen-bond acceptors (Lipinski definition) is 2. The Bertz CT molecular complexity index is 516. The lowest BCUT2D eigenvalue weighted by Gasteiger charge is -2.07. The molecule has 0 aliphatic carbocycles. The molecule has 2 nitrogen and oxygen atoms in total. The molecule has 1 aromatic heterocycles. The van der Waals surface area contributed by atoms with Gasteiger partial charge < -0.3 is 4.74 Å². The second-order valence-corrected chi connectivity index (χ2v) is 5.35. The lowest BCUT2D eigenvalue weighted by Crippen LogP contribution is -1.90. The average Bonchev–Trinajstić information content (AvgIpc) is 2.25. The molecule has 1 heterocycles. The molecule has 0 atom stereocenters. The molecule has 2 aromatic rings. The Balaban J connectivity index is 2.31. The fourth-order valence-corrected chi connectivity index (χ4v) is 2.06. The van der Waals surface area contributed by atoms with Crippen LogP contribution in [0.1, 0.15) is 5.56 Å². The summed E-state index contributed by atoms with van der Waals surface area (Å²) in [5.41, 5.74) is 1.11. The molecule has 1 aromatic carbocycles. The molecule has 0 aliphatic heterocycles. The molecule has 16 heavy (non-hydrogen) atoms. The predicted octanol–water partition coefficient (Wildman–Crippen LogP) is 4.55. The topological polar surface area (TPSA) is 22.1 Å². The third-order valence-electron chi connectivity index (χ3n) is 2.06. The normalized spacial score (nSPS) is 10.2. The Morgan fingerprint density at radius 1 is 1.31 bits per heavy atom. The molecular weight excluding hydrogens is 381 g/mol. The lowest BCUT2D eigenvalue weighted by molar-refractivity contribution is 0.459. The molecule has 0 bridgehead atoms. The highest BCUT2D eigenvalue weighted by Gasteiger charge is 2.06. The van der Waals surface area contributed by atoms with Gasteiger partial charge in [0, 0.05) is 9.77 Å². The largest absolute Gasteiger partial charge is 0.438 e. The van der Waals surface area contributed by atoms with Crippen molar-refractivity contribution in [1.82, 2.24) is 4.98 Å². The summed E-state index contributed by atoms with van der Waals surface area (Å²) >= 11 is 5.72. The molecule has 0 aliphatic rings. The minimum atomic E-state index is 0.599. The molecule has 0 saturated carbocycles. The summed E-state index contributed by atoms with van der Waals surface area (Å²) < 4.78 is 7.74. The van der Waals surface area contributed by atoms with Crippen LogP contribution < -0.4 is 4.74 Å². The average molecular weight is 390 g/mol. The molecule has 0 spiro atoms. The van der Waals surface area contributed by atoms with Crippen LogP contribution in [0.2, 0.25) is 0 Å². The highest BCUT2D eigenvalue weighted by molar-refractivity contribution is 14.1. The van der Waals surface area contributed by atoms with Crippen LogP contribution >= 0.6 is 38.5 Å². The SMILES string of the molecule is Cc1ccnc(Oc2cccc(I)c2)c1Br. The van der Waals surface area contributed by atoms with Crippen LogP contribution in [0.25, 0.3) is 0 Å². The number of rotatable bonds is 2. The van der Waals surface area contributed by atoms with Crippen molar-refractivity contribution in [3.05, 3.63) is 50.1 Å². The van der Waals surface area contributed by atoms with Crippen LogP contribution in [0.5, 0.6) is 11.6 Å². The van der Waals surface area contributed by atoms with Gasteiger partial charge in [-0.3, -0.25) is 0 Å². The van der Waals surface area contributed by atoms with E-state index in [2.05, 4.69) is 43.5 Å². The van der Waals surface area contributed by atoms with E-state index in [4.69, 9.17) is 4.74 Å². The minimum Gasteiger partial charge on any atom is -0.438 e. The molecule has 2 rings (SSSR count). The van der Waals surface area contributed by atoms with Crippen molar-refractivity contribution < 1.29 is 4.74 Å². The van der Waals surface area contributed by atoms with Crippen LogP contribution in [0.3, 0.4) is 0 Å². The van der Waals surface area contributed by atoms with E-state index in [1.54, 1.807) is 6.20 Å². The summed E-state index contributed by atoms with van der Waals surface area (Å²) in [6.45, 7) is 2.01. The summed E-state index contributed by atoms with van der Waals surface area (Å²) in [4.78, 5) is 4.19. The monoisotopic (exact) mass is 389 g/mol. The molecule has 82 valence electrons. The van der Waals surface area contributed by atoms with Gasteiger partial charge in [-0.05, 0) is 75.3 Å². The summed E-state index contributed by atoms with van der Waals surface area (Å²) in [7, 11) is 0. The standard InChI is InChI=1S/C12H9BrINO/c1-8-5-6-15-12(11(8)13)16-10-4-2-3-9(14)7-10/h2-7H,1H3. The van der Waals surface area contributed by atoms with Crippen molar-refractivity contribution in [3.63, 3.8) is 0 Å². The van der Waals surface area contributed by atoms with Gasteiger partial charge in [0.05, 0.1) is 4.47 Å². The Morgan fingerprint density at radius 3 is 2.88 bits per heavy atom. The zero-order valence-electron chi connectivity index (χ0n) is 8.58. The first-order valence-corrected chi connectivity index (χ1v) is 6.58. The zero-order valence-corrected chi connectivity index (χ0v) is 12.3. The van der Waals surface area contributed by atoms with Crippen LogP contribution in [0, 0.1) is 10.5 Å². The Labute approximate surface area is 116 Å². The minimum absolute atomic E-state index is 0.599. The quantitative estimate of drug-likeness (QED) is 0.703. The van der Waals surface area contributed by atoms with Gasteiger partial charge >= 0.3 is 0 Å². The van der Waals surface area contributed by atoms with Crippen molar-refractivity contribution in [2.24, 2.45) is 0 Å². The Kier molecular flexibility index (Phi) is 3.81. The predicted molar refractivity (Wildman–Crippen MR) is 75.9 cm³/mol. The maximum Gasteiger partial charge on any atom is 0.233 e. The van der Waals surface area contributed by atoms with Gasteiger partial charge in [-0.1, -0.05) is 6.07 Å². The second kappa shape index (κ2) is 5.14. The first-order chi connectivity index (χ1) is 7.66. The maximum absolute atomic E-state index is 5.71. The molecule has 0 saturated heterocycles. The molecule has 0 unspecified atom stereocenters. The second-order valence-electron chi connectivity index (χ2n) is 3.31. The van der Waals surface area contributed by atoms with Crippen LogP contribution in [0.15, 0.2) is 41.0 Å². The third-order valence-corrected chi connectivity index (χ3v) is 3.70. The van der Waals surface area contributed by atoms with E-state index in [9.17, 15) is 0 Å². The summed E-state index contributed by atoms with van der Waals surface area (Å²) in [6, 6.07) is 9.80. The molecule has 0 radical (unpaired) electrons. The molecule has 4 heteroatoms. The Hall–Kier alpha value is -0.620. The van der Waals surface area contributed by atoms with Crippen LogP contribution in [-0.2, 0) is 0 Å². The number of aromatic nitrogens is 1. The van der Waals surface area contributed by atoms with Gasteiger partial charge in [0.15, 0.2) is 0 Å². The number of hydrogen-bond donors (Lipinski definition) is 0. The van der Waals surface area contributed by atoms with E-state index in [0.717, 1.165) is 19.4 Å². The van der Waals surface area contributed by atoms with Crippen molar-refractivity contribution in [2.45, 2.75) is 6.92 Å². The number of pyridine rings is 1. The molecule has 0 amide bonds. The van der Waals surface area contributed by atoms with E-state index in [0.29, 0.717) is 5.88 Å². The highest BCUT2D eigenvalue weighted by atomic mass is 127. The number of halogens is 2. The molecule has 0 N–H and O–H groups in total. The summed E-state index contributed by atoms with van der Waals surface area (Å²) in [6.07, 6.45) is 1.74. The maximum atomic E-state index is 5.71. The summed E-state index contributed by atoms with van der Waals surface area (Å²) in [5.74, 6) is 1.40. The molecule has 0 fully saturated rings. The first kappa shape index (κ1) is 11.9. The van der Waals surface area contributed by atoms with Gasteiger partial charge in [-0.25, -0.2) is 4.98 Å². The van der Waals surface area contributed by atoms with Gasteiger partial charge in [-0.2, -0.15) is 0 Å². The van der Waals surface area contributed by atoms with Crippen molar-refractivity contribution in [3.8, 4) is 11.6 Å². The Morgan fingerprint density at radius 2 is 2.12 bits per heavy atom. The van der Waals surface area contributed by atoms with Crippen LogP contribution in [-0.4, -0.2) is 4.98 Å². The highest BCUT2D eigenvalue weighted by Crippen LogP contribution is 2.30. The van der Waals surface area contributed by atoms with Gasteiger partial charge in [0.1, 0.15) is 5.75 Å². The van der Waals surface area contributed by atoms with E-state index < -0.39 is 0 Å². The van der Waals surface area contributed by atoms with Gasteiger partial charge in [0.25, 0.3) is 0 Å². The lowest BCUT2D eigenvalue weighted by atomic mass is 10.3. The van der Waals surface area contributed by atoms with Crippen molar-refractivity contribution >= 4 is 38.5 Å². The van der Waals surface area contributed by atoms with Crippen LogP contribution in [0.4, 0.5) is 0 Å². The number of benzene rings is 1. The van der Waals surface area contributed by atoms with Gasteiger partial charge in [-0.15, -0.1) is 0 Å². The number of nitrogens with zero attached hydrogens (tertiary/aromatic N) is 1. The van der Waals surface area contributed by atoms with E-state index >= 15 is 0 Å². The fraction of sp³-hybridized carbons (Fsp3) is 0.0833. The number of ether oxygens (including phenoxy) is 1. The first-order valence-electron chi connectivity index (χ1n) is 4.71. The summed E-state index contributed by atoms with van der Waals surface area (Å²) in [5, 5.41) is 0. The van der Waals surface area contributed by atoms with Gasteiger partial charge in [0.2, 0.25) is 5.88 Å². The smallest absolute Gasteiger partial charge is 0.233 e. The van der Waals surface area contributed by atoms with Crippen molar-refractivity contribution in [1.29, 1.82) is 0 Å². The fourth-order valence-electron chi connectivity index (χ4n) is 1.23.